The third-order valence-corrected chi connectivity index (χ3v) is 6.16. The molecule has 164 valence electrons. The van der Waals surface area contributed by atoms with Crippen LogP contribution in [0.15, 0.2) is 48.8 Å². The number of aromatic nitrogens is 1. The predicted molar refractivity (Wildman–Crippen MR) is 114 cm³/mol. The van der Waals surface area contributed by atoms with Gasteiger partial charge in [0.2, 0.25) is 11.8 Å². The maximum absolute atomic E-state index is 13.3. The van der Waals surface area contributed by atoms with Gasteiger partial charge in [0, 0.05) is 37.8 Å². The minimum Gasteiger partial charge on any atom is -0.487 e. The molecule has 1 aromatic heterocycles. The van der Waals surface area contributed by atoms with Gasteiger partial charge >= 0.3 is 0 Å². The SMILES string of the molecule is O=C(NO)[C@H]1C[C@H](Oc2cncc(Cl)c2)CN[C@@H]1C(=O)N1CC[C@H](c2ccccc2)C1. The molecular weight excluding hydrogens is 420 g/mol. The van der Waals surface area contributed by atoms with Crippen molar-refractivity contribution in [1.82, 2.24) is 20.7 Å². The Hall–Kier alpha value is -2.68. The van der Waals surface area contributed by atoms with Crippen LogP contribution < -0.4 is 15.5 Å². The quantitative estimate of drug-likeness (QED) is 0.481. The van der Waals surface area contributed by atoms with E-state index in [9.17, 15) is 14.8 Å². The first-order valence-electron chi connectivity index (χ1n) is 10.3. The normalized spacial score (nSPS) is 25.8. The molecule has 2 aliphatic heterocycles. The number of piperidine rings is 1. The lowest BCUT2D eigenvalue weighted by Crippen LogP contribution is -2.60. The first-order chi connectivity index (χ1) is 15.0. The van der Waals surface area contributed by atoms with E-state index in [1.165, 1.54) is 18.0 Å². The monoisotopic (exact) mass is 444 g/mol. The molecule has 8 nitrogen and oxygen atoms in total. The maximum atomic E-state index is 13.3. The number of likely N-dealkylation sites (tertiary alicyclic amines) is 1. The van der Waals surface area contributed by atoms with E-state index in [0.29, 0.717) is 30.4 Å². The zero-order valence-electron chi connectivity index (χ0n) is 16.9. The molecule has 0 unspecified atom stereocenters. The number of hydroxylamine groups is 1. The molecule has 2 aliphatic rings. The number of halogens is 1. The highest BCUT2D eigenvalue weighted by molar-refractivity contribution is 6.30. The molecule has 4 rings (SSSR count). The van der Waals surface area contributed by atoms with Crippen molar-refractivity contribution >= 4 is 23.4 Å². The standard InChI is InChI=1S/C22H25ClN4O4/c23-16-8-17(11-24-10-16)31-18-9-19(21(28)26-30)20(25-12-18)22(29)27-7-6-15(13-27)14-4-2-1-3-5-14/h1-5,8,10-11,15,18-20,25,30H,6-7,9,12-13H2,(H,26,28)/t15-,18-,19-,20-/m0/s1. The van der Waals surface area contributed by atoms with Crippen molar-refractivity contribution in [3.8, 4) is 5.75 Å². The maximum Gasteiger partial charge on any atom is 0.248 e. The zero-order chi connectivity index (χ0) is 21.8. The van der Waals surface area contributed by atoms with Crippen LogP contribution in [-0.2, 0) is 9.59 Å². The van der Waals surface area contributed by atoms with Crippen molar-refractivity contribution in [2.24, 2.45) is 5.92 Å². The van der Waals surface area contributed by atoms with Gasteiger partial charge in [0.05, 0.1) is 23.2 Å². The Balaban J connectivity index is 1.42. The van der Waals surface area contributed by atoms with Crippen molar-refractivity contribution in [2.75, 3.05) is 19.6 Å². The van der Waals surface area contributed by atoms with Gasteiger partial charge in [-0.05, 0) is 18.4 Å². The van der Waals surface area contributed by atoms with E-state index < -0.39 is 17.9 Å². The second kappa shape index (κ2) is 9.64. The summed E-state index contributed by atoms with van der Waals surface area (Å²) in [5, 5.41) is 12.8. The smallest absolute Gasteiger partial charge is 0.248 e. The number of pyridine rings is 1. The van der Waals surface area contributed by atoms with Gasteiger partial charge in [-0.15, -0.1) is 0 Å². The molecule has 0 bridgehead atoms. The number of benzene rings is 1. The van der Waals surface area contributed by atoms with Gasteiger partial charge < -0.3 is 15.0 Å². The highest BCUT2D eigenvalue weighted by atomic mass is 35.5. The Bertz CT molecular complexity index is 929. The van der Waals surface area contributed by atoms with Crippen LogP contribution in [0.5, 0.6) is 5.75 Å². The van der Waals surface area contributed by atoms with Crippen molar-refractivity contribution in [3.63, 3.8) is 0 Å². The summed E-state index contributed by atoms with van der Waals surface area (Å²) in [7, 11) is 0. The highest BCUT2D eigenvalue weighted by Gasteiger charge is 2.43. The minimum atomic E-state index is -0.765. The van der Waals surface area contributed by atoms with E-state index in [0.717, 1.165) is 6.42 Å². The van der Waals surface area contributed by atoms with E-state index in [2.05, 4.69) is 22.4 Å². The molecule has 4 atom stereocenters. The second-order valence-corrected chi connectivity index (χ2v) is 8.40. The molecule has 0 aliphatic carbocycles. The summed E-state index contributed by atoms with van der Waals surface area (Å²) in [4.78, 5) is 31.4. The summed E-state index contributed by atoms with van der Waals surface area (Å²) in [6.45, 7) is 1.63. The van der Waals surface area contributed by atoms with Crippen LogP contribution in [0.25, 0.3) is 0 Å². The number of hydrogen-bond acceptors (Lipinski definition) is 6. The number of hydrogen-bond donors (Lipinski definition) is 3. The number of carbonyl (C=O) groups excluding carboxylic acids is 2. The molecule has 0 saturated carbocycles. The van der Waals surface area contributed by atoms with Crippen molar-refractivity contribution in [3.05, 3.63) is 59.4 Å². The van der Waals surface area contributed by atoms with Crippen molar-refractivity contribution in [1.29, 1.82) is 0 Å². The first kappa shape index (κ1) is 21.5. The Morgan fingerprint density at radius 2 is 2.06 bits per heavy atom. The van der Waals surface area contributed by atoms with Crippen molar-refractivity contribution < 1.29 is 19.5 Å². The van der Waals surface area contributed by atoms with E-state index >= 15 is 0 Å². The summed E-state index contributed by atoms with van der Waals surface area (Å²) in [6, 6.07) is 11.0. The van der Waals surface area contributed by atoms with Crippen LogP contribution in [0.1, 0.15) is 24.3 Å². The molecular formula is C22H25ClN4O4. The van der Waals surface area contributed by atoms with Gasteiger partial charge in [0.25, 0.3) is 0 Å². The summed E-state index contributed by atoms with van der Waals surface area (Å²) < 4.78 is 5.89. The number of nitrogens with zero attached hydrogens (tertiary/aromatic N) is 2. The van der Waals surface area contributed by atoms with Gasteiger partial charge in [0.1, 0.15) is 11.9 Å². The van der Waals surface area contributed by atoms with Gasteiger partial charge in [-0.3, -0.25) is 19.8 Å². The van der Waals surface area contributed by atoms with Crippen LogP contribution in [0.3, 0.4) is 0 Å². The fourth-order valence-electron chi connectivity index (χ4n) is 4.40. The average Bonchev–Trinajstić information content (AvgIpc) is 3.29. The van der Waals surface area contributed by atoms with Crippen LogP contribution >= 0.6 is 11.6 Å². The van der Waals surface area contributed by atoms with Crippen molar-refractivity contribution in [2.45, 2.75) is 30.9 Å². The number of rotatable bonds is 5. The Kier molecular flexibility index (Phi) is 6.70. The number of nitrogens with one attached hydrogen (secondary N) is 2. The third-order valence-electron chi connectivity index (χ3n) is 5.95. The third kappa shape index (κ3) is 4.98. The van der Waals surface area contributed by atoms with Crippen LogP contribution in [0.2, 0.25) is 5.02 Å². The summed E-state index contributed by atoms with van der Waals surface area (Å²) >= 11 is 5.95. The molecule has 1 aromatic carbocycles. The zero-order valence-corrected chi connectivity index (χ0v) is 17.7. The number of amides is 2. The largest absolute Gasteiger partial charge is 0.487 e. The molecule has 9 heteroatoms. The average molecular weight is 445 g/mol. The summed E-state index contributed by atoms with van der Waals surface area (Å²) in [6.07, 6.45) is 3.83. The van der Waals surface area contributed by atoms with Gasteiger partial charge in [-0.2, -0.15) is 0 Å². The van der Waals surface area contributed by atoms with Crippen LogP contribution in [0.4, 0.5) is 0 Å². The highest BCUT2D eigenvalue weighted by Crippen LogP contribution is 2.30. The summed E-state index contributed by atoms with van der Waals surface area (Å²) in [5.41, 5.74) is 2.91. The number of ether oxygens (including phenoxy) is 1. The minimum absolute atomic E-state index is 0.130. The molecule has 31 heavy (non-hydrogen) atoms. The molecule has 2 amide bonds. The fraction of sp³-hybridized carbons (Fsp3) is 0.409. The lowest BCUT2D eigenvalue weighted by Gasteiger charge is -2.36. The predicted octanol–water partition coefficient (Wildman–Crippen LogP) is 1.98. The molecule has 0 spiro atoms. The van der Waals surface area contributed by atoms with E-state index in [-0.39, 0.29) is 24.3 Å². The lowest BCUT2D eigenvalue weighted by atomic mass is 9.87. The summed E-state index contributed by atoms with van der Waals surface area (Å²) in [5.74, 6) is -0.737. The van der Waals surface area contributed by atoms with E-state index in [1.807, 2.05) is 18.2 Å². The van der Waals surface area contributed by atoms with Gasteiger partial charge in [-0.25, -0.2) is 5.48 Å². The molecule has 2 fully saturated rings. The van der Waals surface area contributed by atoms with Gasteiger partial charge in [0.15, 0.2) is 0 Å². The second-order valence-electron chi connectivity index (χ2n) is 7.96. The van der Waals surface area contributed by atoms with Crippen LogP contribution in [0, 0.1) is 5.92 Å². The topological polar surface area (TPSA) is 104 Å². The Morgan fingerprint density at radius 1 is 1.26 bits per heavy atom. The molecule has 3 heterocycles. The first-order valence-corrected chi connectivity index (χ1v) is 10.7. The van der Waals surface area contributed by atoms with Gasteiger partial charge in [-0.1, -0.05) is 41.9 Å². The number of carbonyl (C=O) groups is 2. The molecule has 3 N–H and O–H groups in total. The molecule has 0 radical (unpaired) electrons. The molecule has 2 saturated heterocycles. The van der Waals surface area contributed by atoms with E-state index in [1.54, 1.807) is 16.4 Å². The van der Waals surface area contributed by atoms with E-state index in [4.69, 9.17) is 16.3 Å². The molecule has 2 aromatic rings. The fourth-order valence-corrected chi connectivity index (χ4v) is 4.56. The lowest BCUT2D eigenvalue weighted by molar-refractivity contribution is -0.144. The van der Waals surface area contributed by atoms with Crippen LogP contribution in [-0.4, -0.2) is 58.7 Å². The Morgan fingerprint density at radius 3 is 2.81 bits per heavy atom. The Labute approximate surface area is 185 Å².